The fraction of sp³-hybridized carbons (Fsp3) is 0.875. The Bertz CT molecular complexity index is 1600. The van der Waals surface area contributed by atoms with Crippen molar-refractivity contribution in [3.63, 3.8) is 0 Å². The number of ether oxygens (including phenoxy) is 2. The molecule has 0 bridgehead atoms. The van der Waals surface area contributed by atoms with Crippen LogP contribution < -0.4 is 21.5 Å². The fourth-order valence-electron chi connectivity index (χ4n) is 11.7. The Hall–Kier alpha value is -3.02. The van der Waals surface area contributed by atoms with Crippen LogP contribution in [-0.2, 0) is 19.1 Å². The molecule has 64 heavy (non-hydrogen) atoms. The number of likely N-dealkylation sites (tertiary alicyclic amines) is 4. The molecule has 0 saturated carbocycles. The number of hydrogen-bond donors (Lipinski definition) is 4. The number of nitrogens with zero attached hydrogens (tertiary/aromatic N) is 8. The summed E-state index contributed by atoms with van der Waals surface area (Å²) in [6.07, 6.45) is 10.8. The average molecular weight is 899 g/mol. The van der Waals surface area contributed by atoms with Crippen LogP contribution in [0.15, 0.2) is 34.0 Å². The largest absolute Gasteiger partial charge is 0.473 e. The Labute approximate surface area is 387 Å². The topological polar surface area (TPSA) is 129 Å². The lowest BCUT2D eigenvalue weighted by Gasteiger charge is -2.53. The van der Waals surface area contributed by atoms with Crippen LogP contribution in [0.2, 0.25) is 0 Å². The van der Waals surface area contributed by atoms with Crippen LogP contribution in [0.25, 0.3) is 0 Å². The molecule has 0 aromatic heterocycles. The van der Waals surface area contributed by atoms with Crippen LogP contribution in [0.3, 0.4) is 0 Å². The number of hydrazine groups is 2. The minimum Gasteiger partial charge on any atom is -0.473 e. The van der Waals surface area contributed by atoms with Gasteiger partial charge in [0.05, 0.1) is 12.2 Å². The molecule has 4 N–H and O–H groups in total. The Morgan fingerprint density at radius 2 is 0.672 bits per heavy atom. The van der Waals surface area contributed by atoms with Crippen molar-refractivity contribution >= 4 is 11.8 Å². The minimum atomic E-state index is -0.0493. The molecule has 366 valence electrons. The maximum atomic E-state index is 6.76. The number of hydrazone groups is 2. The number of piperidine rings is 4. The fourth-order valence-corrected chi connectivity index (χ4v) is 11.7. The third kappa shape index (κ3) is 11.4. The highest BCUT2D eigenvalue weighted by Gasteiger charge is 2.48. The summed E-state index contributed by atoms with van der Waals surface area (Å²) in [5.74, 6) is 2.52. The predicted octanol–water partition coefficient (Wildman–Crippen LogP) is 6.62. The zero-order valence-corrected chi connectivity index (χ0v) is 43.7. The van der Waals surface area contributed by atoms with Crippen LogP contribution in [0.5, 0.6) is 0 Å². The van der Waals surface area contributed by atoms with E-state index in [4.69, 9.17) is 29.4 Å². The van der Waals surface area contributed by atoms with E-state index in [1.807, 2.05) is 12.2 Å². The molecule has 0 amide bonds. The van der Waals surface area contributed by atoms with Gasteiger partial charge in [0.15, 0.2) is 0 Å². The number of nitrogens with one attached hydrogen (secondary N) is 4. The first-order valence-electron chi connectivity index (χ1n) is 24.0. The van der Waals surface area contributed by atoms with Crippen molar-refractivity contribution in [2.75, 3.05) is 41.3 Å². The lowest BCUT2D eigenvalue weighted by atomic mass is 9.79. The molecule has 6 rings (SSSR count). The maximum Gasteiger partial charge on any atom is 0.239 e. The van der Waals surface area contributed by atoms with Gasteiger partial charge >= 0.3 is 0 Å². The Kier molecular flexibility index (Phi) is 13.8. The Morgan fingerprint density at radius 3 is 0.922 bits per heavy atom. The molecule has 6 heterocycles. The summed E-state index contributed by atoms with van der Waals surface area (Å²) in [6.45, 7) is 37.7. The summed E-state index contributed by atoms with van der Waals surface area (Å²) >= 11 is 0. The highest BCUT2D eigenvalue weighted by atomic mass is 16.8. The van der Waals surface area contributed by atoms with E-state index < -0.39 is 0 Å². The molecule has 6 aliphatic rings. The van der Waals surface area contributed by atoms with E-state index in [2.05, 4.69) is 180 Å². The normalized spacial score (nSPS) is 28.8. The molecule has 0 aliphatic carbocycles. The van der Waals surface area contributed by atoms with E-state index >= 15 is 0 Å². The van der Waals surface area contributed by atoms with Gasteiger partial charge in [0.1, 0.15) is 23.8 Å². The summed E-state index contributed by atoms with van der Waals surface area (Å²) in [4.78, 5) is 23.2. The van der Waals surface area contributed by atoms with Gasteiger partial charge in [-0.05, 0) is 165 Å². The maximum absolute atomic E-state index is 6.76. The highest BCUT2D eigenvalue weighted by molar-refractivity contribution is 5.89. The van der Waals surface area contributed by atoms with E-state index in [0.717, 1.165) is 63.0 Å². The van der Waals surface area contributed by atoms with Crippen molar-refractivity contribution in [2.24, 2.45) is 10.2 Å². The van der Waals surface area contributed by atoms with Crippen molar-refractivity contribution in [3.8, 4) is 0 Å². The average Bonchev–Trinajstić information content (AvgIpc) is 3.11. The number of rotatable bonds is 11. The summed E-state index contributed by atoms with van der Waals surface area (Å²) in [6, 6.07) is 0. The van der Waals surface area contributed by atoms with Crippen molar-refractivity contribution < 1.29 is 19.1 Å². The number of hydrogen-bond acceptors (Lipinski definition) is 16. The lowest BCUT2D eigenvalue weighted by molar-refractivity contribution is -0.254. The van der Waals surface area contributed by atoms with Crippen LogP contribution in [0.1, 0.15) is 162 Å². The molecule has 0 spiro atoms. The SMILES string of the molecule is CN1C(C)(C)CC(OC2=NN(OC3CC(C)(C)N(C)C(C)(C)C3)NC(NCCNC3=CC(OC4CC(C)(C)N(C)C(C)(C)C4)=NN(OC4CC(C)(C)N(C)C(C)(C)C4)N3)=C2)CC1(C)C. The van der Waals surface area contributed by atoms with E-state index in [1.165, 1.54) is 10.6 Å². The van der Waals surface area contributed by atoms with Crippen molar-refractivity contribution in [2.45, 2.75) is 231 Å². The molecule has 4 saturated heterocycles. The van der Waals surface area contributed by atoms with E-state index in [9.17, 15) is 0 Å². The Balaban J connectivity index is 1.16. The van der Waals surface area contributed by atoms with Crippen LogP contribution in [-0.4, -0.2) is 152 Å². The van der Waals surface area contributed by atoms with Gasteiger partial charge in [-0.15, -0.1) is 0 Å². The molecule has 4 fully saturated rings. The predicted molar refractivity (Wildman–Crippen MR) is 257 cm³/mol. The first kappa shape index (κ1) is 50.4. The second kappa shape index (κ2) is 17.6. The van der Waals surface area contributed by atoms with Crippen molar-refractivity contribution in [3.05, 3.63) is 23.8 Å². The first-order chi connectivity index (χ1) is 29.2. The zero-order valence-electron chi connectivity index (χ0n) is 43.7. The molecule has 0 aromatic carbocycles. The van der Waals surface area contributed by atoms with Gasteiger partial charge in [0.25, 0.3) is 0 Å². The lowest BCUT2D eigenvalue weighted by Crippen LogP contribution is -2.61. The molecular formula is C48H90N12O4. The Morgan fingerprint density at radius 1 is 0.438 bits per heavy atom. The highest BCUT2D eigenvalue weighted by Crippen LogP contribution is 2.42. The third-order valence-electron chi connectivity index (χ3n) is 16.3. The van der Waals surface area contributed by atoms with Crippen LogP contribution in [0, 0.1) is 0 Å². The van der Waals surface area contributed by atoms with Gasteiger partial charge in [-0.2, -0.15) is 0 Å². The molecule has 16 heteroatoms. The van der Waals surface area contributed by atoms with E-state index in [1.54, 1.807) is 0 Å². The van der Waals surface area contributed by atoms with Gasteiger partial charge in [-0.1, -0.05) is 20.8 Å². The second-order valence-electron chi connectivity index (χ2n) is 24.9. The summed E-state index contributed by atoms with van der Waals surface area (Å²) in [5, 5.41) is 19.9. The first-order valence-corrected chi connectivity index (χ1v) is 24.0. The van der Waals surface area contributed by atoms with Gasteiger partial charge in [-0.25, -0.2) is 20.5 Å². The van der Waals surface area contributed by atoms with E-state index in [0.29, 0.717) is 24.9 Å². The van der Waals surface area contributed by atoms with Gasteiger partial charge < -0.3 is 20.1 Å². The van der Waals surface area contributed by atoms with Crippen molar-refractivity contribution in [1.82, 2.24) is 51.6 Å². The third-order valence-corrected chi connectivity index (χ3v) is 16.3. The van der Waals surface area contributed by atoms with Crippen LogP contribution in [0.4, 0.5) is 0 Å². The summed E-state index contributed by atoms with van der Waals surface area (Å²) < 4.78 is 13.5. The standard InChI is InChI=1S/C48H90N12O4/c1-41(2)25-33(26-42(3,4)55(41)17)61-39-23-37(51-59(53-39)63-35-29-45(9,10)57(19)46(11,12)30-35)49-21-22-50-38-24-40(62-34-27-43(5,6)56(18)44(7,8)28-34)54-60(52-38)64-36-31-47(13,14)58(20)48(15,16)32-36/h23-24,33-36,49-52H,21-22,25-32H2,1-20H3. The van der Waals surface area contributed by atoms with E-state index in [-0.39, 0.29) is 68.7 Å². The molecule has 0 unspecified atom stereocenters. The quantitative estimate of drug-likeness (QED) is 0.166. The van der Waals surface area contributed by atoms with Gasteiger partial charge in [0, 0.05) is 95.2 Å². The second-order valence-corrected chi connectivity index (χ2v) is 24.9. The molecule has 0 aromatic rings. The summed E-state index contributed by atoms with van der Waals surface area (Å²) in [5.41, 5.74) is 6.48. The smallest absolute Gasteiger partial charge is 0.239 e. The molecule has 0 atom stereocenters. The van der Waals surface area contributed by atoms with Gasteiger partial charge in [0.2, 0.25) is 11.8 Å². The molecular weight excluding hydrogens is 809 g/mol. The zero-order chi connectivity index (χ0) is 47.6. The molecule has 16 nitrogen and oxygen atoms in total. The molecule has 0 radical (unpaired) electrons. The minimum absolute atomic E-state index is 0.00820. The monoisotopic (exact) mass is 899 g/mol. The van der Waals surface area contributed by atoms with Gasteiger partial charge in [-0.3, -0.25) is 19.6 Å². The van der Waals surface area contributed by atoms with Crippen molar-refractivity contribution in [1.29, 1.82) is 0 Å². The molecule has 6 aliphatic heterocycles. The van der Waals surface area contributed by atoms with Crippen LogP contribution >= 0.6 is 0 Å². The summed E-state index contributed by atoms with van der Waals surface area (Å²) in [7, 11) is 8.85.